The first-order chi connectivity index (χ1) is 14.2. The van der Waals surface area contributed by atoms with Gasteiger partial charge in [-0.15, -0.1) is 0 Å². The number of carbonyl (C=O) groups excluding carboxylic acids is 2. The second kappa shape index (κ2) is 9.53. The molecule has 0 radical (unpaired) electrons. The Kier molecular flexibility index (Phi) is 7.71. The maximum Gasteiger partial charge on any atom is 0.416 e. The van der Waals surface area contributed by atoms with Gasteiger partial charge in [-0.25, -0.2) is 13.2 Å². The fourth-order valence-electron chi connectivity index (χ4n) is 2.98. The van der Waals surface area contributed by atoms with E-state index in [1.54, 1.807) is 20.8 Å². The smallest absolute Gasteiger partial charge is 0.333 e. The fourth-order valence-corrected chi connectivity index (χ4v) is 4.40. The number of nitrogens with one attached hydrogen (secondary N) is 2. The number of nitrogens with zero attached hydrogens (tertiary/aromatic N) is 2. The molecule has 1 aromatic rings. The van der Waals surface area contributed by atoms with E-state index in [0.29, 0.717) is 19.6 Å². The number of sulfonamides is 1. The number of benzene rings is 1. The van der Waals surface area contributed by atoms with E-state index >= 15 is 0 Å². The summed E-state index contributed by atoms with van der Waals surface area (Å²) in [5, 5.41) is 4.86. The molecule has 12 heteroatoms. The molecule has 2 rings (SSSR count). The van der Waals surface area contributed by atoms with Crippen molar-refractivity contribution in [3.8, 4) is 0 Å². The van der Waals surface area contributed by atoms with Crippen LogP contribution in [-0.4, -0.2) is 67.8 Å². The van der Waals surface area contributed by atoms with Crippen molar-refractivity contribution < 1.29 is 31.2 Å². The van der Waals surface area contributed by atoms with Crippen LogP contribution in [0.2, 0.25) is 0 Å². The van der Waals surface area contributed by atoms with E-state index < -0.39 is 39.2 Å². The number of piperazine rings is 1. The summed E-state index contributed by atoms with van der Waals surface area (Å²) in [6, 6.07) is 2.83. The first-order valence-corrected chi connectivity index (χ1v) is 11.1. The van der Waals surface area contributed by atoms with Crippen molar-refractivity contribution in [2.45, 2.75) is 43.8 Å². The Bertz CT molecular complexity index is 888. The third-order valence-corrected chi connectivity index (χ3v) is 6.46. The van der Waals surface area contributed by atoms with Gasteiger partial charge in [-0.05, 0) is 45.0 Å². The van der Waals surface area contributed by atoms with Crippen LogP contribution < -0.4 is 10.6 Å². The lowest BCUT2D eigenvalue weighted by Crippen LogP contribution is -2.50. The van der Waals surface area contributed by atoms with Crippen LogP contribution in [0.1, 0.15) is 32.8 Å². The van der Waals surface area contributed by atoms with E-state index in [-0.39, 0.29) is 24.4 Å². The molecule has 0 unspecified atom stereocenters. The average Bonchev–Trinajstić information content (AvgIpc) is 2.64. The molecule has 8 nitrogen and oxygen atoms in total. The van der Waals surface area contributed by atoms with Crippen LogP contribution in [0.25, 0.3) is 0 Å². The topological polar surface area (TPSA) is 98.8 Å². The SMILES string of the molecule is CC(C)(C)NC(=O)NC(=O)CCN1CCN(S(=O)(=O)c2ccc(C(F)(F)F)cc2)CC1. The van der Waals surface area contributed by atoms with Crippen LogP contribution >= 0.6 is 0 Å². The molecule has 31 heavy (non-hydrogen) atoms. The van der Waals surface area contributed by atoms with Gasteiger partial charge in [-0.3, -0.25) is 10.1 Å². The molecule has 0 aliphatic carbocycles. The molecule has 1 fully saturated rings. The Labute approximate surface area is 179 Å². The number of urea groups is 1. The molecule has 0 saturated carbocycles. The second-order valence-electron chi connectivity index (χ2n) is 8.27. The first kappa shape index (κ1) is 25.1. The van der Waals surface area contributed by atoms with Gasteiger partial charge in [0.1, 0.15) is 0 Å². The van der Waals surface area contributed by atoms with Crippen molar-refractivity contribution in [2.24, 2.45) is 0 Å². The third-order valence-electron chi connectivity index (χ3n) is 4.55. The van der Waals surface area contributed by atoms with Crippen molar-refractivity contribution in [3.05, 3.63) is 29.8 Å². The predicted molar refractivity (Wildman–Crippen MR) is 108 cm³/mol. The zero-order valence-corrected chi connectivity index (χ0v) is 18.4. The van der Waals surface area contributed by atoms with Crippen molar-refractivity contribution in [3.63, 3.8) is 0 Å². The van der Waals surface area contributed by atoms with Gasteiger partial charge in [-0.2, -0.15) is 17.5 Å². The summed E-state index contributed by atoms with van der Waals surface area (Å²) in [4.78, 5) is 25.3. The molecular weight excluding hydrogens is 437 g/mol. The molecule has 1 aromatic carbocycles. The Morgan fingerprint density at radius 2 is 1.55 bits per heavy atom. The van der Waals surface area contributed by atoms with Gasteiger partial charge < -0.3 is 10.2 Å². The Hall–Kier alpha value is -2.18. The third kappa shape index (κ3) is 7.47. The number of rotatable bonds is 5. The normalized spacial score (nSPS) is 16.7. The number of amides is 3. The number of carbonyl (C=O) groups is 2. The van der Waals surface area contributed by atoms with Crippen molar-refractivity contribution in [2.75, 3.05) is 32.7 Å². The Morgan fingerprint density at radius 1 is 1.00 bits per heavy atom. The lowest BCUT2D eigenvalue weighted by atomic mass is 10.1. The van der Waals surface area contributed by atoms with E-state index in [1.807, 2.05) is 4.90 Å². The van der Waals surface area contributed by atoms with E-state index in [4.69, 9.17) is 0 Å². The molecule has 0 spiro atoms. The zero-order valence-electron chi connectivity index (χ0n) is 17.6. The number of alkyl halides is 3. The van der Waals surface area contributed by atoms with Crippen LogP contribution in [0, 0.1) is 0 Å². The Morgan fingerprint density at radius 3 is 2.03 bits per heavy atom. The number of halogens is 3. The van der Waals surface area contributed by atoms with Gasteiger partial charge in [-0.1, -0.05) is 0 Å². The maximum absolute atomic E-state index is 12.7. The average molecular weight is 465 g/mol. The van der Waals surface area contributed by atoms with Crippen LogP contribution in [0.5, 0.6) is 0 Å². The molecule has 0 aromatic heterocycles. The molecule has 1 heterocycles. The lowest BCUT2D eigenvalue weighted by molar-refractivity contribution is -0.137. The lowest BCUT2D eigenvalue weighted by Gasteiger charge is -2.33. The molecular formula is C19H27F3N4O4S. The van der Waals surface area contributed by atoms with Gasteiger partial charge >= 0.3 is 12.2 Å². The molecule has 174 valence electrons. The minimum Gasteiger partial charge on any atom is -0.333 e. The van der Waals surface area contributed by atoms with Crippen molar-refractivity contribution in [1.82, 2.24) is 19.8 Å². The molecule has 3 amide bonds. The van der Waals surface area contributed by atoms with Crippen molar-refractivity contribution in [1.29, 1.82) is 0 Å². The summed E-state index contributed by atoms with van der Waals surface area (Å²) in [5.74, 6) is -0.443. The number of hydrogen-bond donors (Lipinski definition) is 2. The second-order valence-corrected chi connectivity index (χ2v) is 10.2. The first-order valence-electron chi connectivity index (χ1n) is 9.70. The highest BCUT2D eigenvalue weighted by atomic mass is 32.2. The number of hydrogen-bond acceptors (Lipinski definition) is 5. The van der Waals surface area contributed by atoms with Gasteiger partial charge in [0.25, 0.3) is 0 Å². The summed E-state index contributed by atoms with van der Waals surface area (Å²) in [6.07, 6.45) is -4.46. The van der Waals surface area contributed by atoms with Gasteiger partial charge in [0.15, 0.2) is 0 Å². The molecule has 1 saturated heterocycles. The van der Waals surface area contributed by atoms with Crippen LogP contribution in [0.4, 0.5) is 18.0 Å². The molecule has 1 aliphatic rings. The highest BCUT2D eigenvalue weighted by Gasteiger charge is 2.32. The minimum absolute atomic E-state index is 0.0726. The number of imide groups is 1. The van der Waals surface area contributed by atoms with E-state index in [1.165, 1.54) is 4.31 Å². The maximum atomic E-state index is 12.7. The predicted octanol–water partition coefficient (Wildman–Crippen LogP) is 2.03. The summed E-state index contributed by atoms with van der Waals surface area (Å²) >= 11 is 0. The van der Waals surface area contributed by atoms with E-state index in [9.17, 15) is 31.2 Å². The quantitative estimate of drug-likeness (QED) is 0.695. The van der Waals surface area contributed by atoms with Crippen molar-refractivity contribution >= 4 is 22.0 Å². The van der Waals surface area contributed by atoms with E-state index in [0.717, 1.165) is 24.3 Å². The molecule has 2 N–H and O–H groups in total. The van der Waals surface area contributed by atoms with Crippen LogP contribution in [0.3, 0.4) is 0 Å². The summed E-state index contributed by atoms with van der Waals surface area (Å²) in [7, 11) is -3.91. The van der Waals surface area contributed by atoms with Crippen LogP contribution in [0.15, 0.2) is 29.2 Å². The largest absolute Gasteiger partial charge is 0.416 e. The highest BCUT2D eigenvalue weighted by molar-refractivity contribution is 7.89. The van der Waals surface area contributed by atoms with Crippen LogP contribution in [-0.2, 0) is 21.0 Å². The van der Waals surface area contributed by atoms with Gasteiger partial charge in [0.2, 0.25) is 15.9 Å². The van der Waals surface area contributed by atoms with E-state index in [2.05, 4.69) is 10.6 Å². The minimum atomic E-state index is -4.53. The zero-order chi connectivity index (χ0) is 23.4. The fraction of sp³-hybridized carbons (Fsp3) is 0.579. The summed E-state index contributed by atoms with van der Waals surface area (Å²) in [6.45, 7) is 6.73. The Balaban J connectivity index is 1.84. The molecule has 0 atom stereocenters. The molecule has 0 bridgehead atoms. The summed E-state index contributed by atoms with van der Waals surface area (Å²) in [5.41, 5.74) is -1.38. The highest BCUT2D eigenvalue weighted by Crippen LogP contribution is 2.30. The van der Waals surface area contributed by atoms with Gasteiger partial charge in [0.05, 0.1) is 10.5 Å². The summed E-state index contributed by atoms with van der Waals surface area (Å²) < 4.78 is 64.6. The van der Waals surface area contributed by atoms with Gasteiger partial charge in [0, 0.05) is 44.7 Å². The standard InChI is InChI=1S/C19H27F3N4O4S/c1-18(2,3)24-17(28)23-16(27)8-9-25-10-12-26(13-11-25)31(29,30)15-6-4-14(5-7-15)19(20,21)22/h4-7H,8-13H2,1-3H3,(H2,23,24,27,28). The monoisotopic (exact) mass is 464 g/mol. The molecule has 1 aliphatic heterocycles.